The number of hydrogen-bond acceptors (Lipinski definition) is 3. The lowest BCUT2D eigenvalue weighted by Crippen LogP contribution is -2.34. The molecule has 56 heavy (non-hydrogen) atoms. The van der Waals surface area contributed by atoms with E-state index in [-0.39, 0.29) is 10.8 Å². The van der Waals surface area contributed by atoms with Crippen LogP contribution in [0.1, 0.15) is 67.9 Å². The minimum Gasteiger partial charge on any atom is -0.361 e. The largest absolute Gasteiger partial charge is 0.361 e. The third kappa shape index (κ3) is 6.22. The lowest BCUT2D eigenvalue weighted by Gasteiger charge is -2.26. The van der Waals surface area contributed by atoms with Gasteiger partial charge >= 0.3 is 0 Å². The fourth-order valence-corrected chi connectivity index (χ4v) is 11.3. The number of para-hydroxylation sites is 4. The molecule has 0 bridgehead atoms. The minimum atomic E-state index is -0.0514. The molecule has 6 heteroatoms. The highest BCUT2D eigenvalue weighted by atomic mass is 33.1. The van der Waals surface area contributed by atoms with Crippen LogP contribution in [0.25, 0.3) is 44.2 Å². The van der Waals surface area contributed by atoms with Gasteiger partial charge in [-0.1, -0.05) is 114 Å². The number of nitrogens with zero attached hydrogens (tertiary/aromatic N) is 3. The molecule has 3 aromatic heterocycles. The number of anilines is 1. The van der Waals surface area contributed by atoms with Gasteiger partial charge in [-0.3, -0.25) is 0 Å². The SMILES string of the molecule is Cc1c(C2=C/CC(C)(C)c3ccccc3N/C=C\2)c2ccccc2n1CCSSCCn1c(C)c(-c2cc[n+]3c(c2)C(C)(C)c2ccccc2-3)c2ccccc21. The molecule has 2 aliphatic heterocycles. The van der Waals surface area contributed by atoms with Crippen LogP contribution in [0.3, 0.4) is 0 Å². The highest BCUT2D eigenvalue weighted by molar-refractivity contribution is 8.76. The topological polar surface area (TPSA) is 25.8 Å². The Morgan fingerprint density at radius 1 is 0.679 bits per heavy atom. The van der Waals surface area contributed by atoms with E-state index in [0.29, 0.717) is 0 Å². The number of pyridine rings is 1. The van der Waals surface area contributed by atoms with Crippen molar-refractivity contribution in [3.8, 4) is 16.8 Å². The minimum absolute atomic E-state index is 0.0131. The van der Waals surface area contributed by atoms with Crippen molar-refractivity contribution >= 4 is 54.7 Å². The molecule has 0 aliphatic carbocycles. The number of rotatable bonds is 9. The molecule has 0 radical (unpaired) electrons. The molecule has 0 saturated heterocycles. The lowest BCUT2D eigenvalue weighted by atomic mass is 9.80. The highest BCUT2D eigenvalue weighted by Gasteiger charge is 2.43. The van der Waals surface area contributed by atoms with Gasteiger partial charge in [0.2, 0.25) is 5.69 Å². The predicted molar refractivity (Wildman–Crippen MR) is 242 cm³/mol. The molecular formula is C50H51N4S2+. The number of allylic oxidation sites excluding steroid dienone is 3. The van der Waals surface area contributed by atoms with Gasteiger partial charge in [0, 0.05) is 105 Å². The average molecular weight is 772 g/mol. The summed E-state index contributed by atoms with van der Waals surface area (Å²) in [6.45, 7) is 16.0. The quantitative estimate of drug-likeness (QED) is 0.0899. The first-order chi connectivity index (χ1) is 27.1. The molecular weight excluding hydrogens is 721 g/mol. The number of aryl methyl sites for hydroxylation is 2. The van der Waals surface area contributed by atoms with Gasteiger partial charge in [-0.2, -0.15) is 4.57 Å². The second-order valence-electron chi connectivity index (χ2n) is 16.5. The zero-order chi connectivity index (χ0) is 38.6. The Morgan fingerprint density at radius 3 is 1.98 bits per heavy atom. The van der Waals surface area contributed by atoms with E-state index in [0.717, 1.165) is 31.0 Å². The van der Waals surface area contributed by atoms with E-state index in [1.165, 1.54) is 83.7 Å². The van der Waals surface area contributed by atoms with E-state index >= 15 is 0 Å². The van der Waals surface area contributed by atoms with Crippen molar-refractivity contribution in [1.29, 1.82) is 0 Å². The van der Waals surface area contributed by atoms with Gasteiger partial charge in [0.1, 0.15) is 0 Å². The van der Waals surface area contributed by atoms with Crippen LogP contribution in [-0.2, 0) is 23.9 Å². The van der Waals surface area contributed by atoms with Crippen molar-refractivity contribution in [3.05, 3.63) is 168 Å². The molecule has 5 heterocycles. The molecule has 0 unspecified atom stereocenters. The average Bonchev–Trinajstić information content (AvgIpc) is 3.76. The van der Waals surface area contributed by atoms with Gasteiger partial charge in [-0.15, -0.1) is 0 Å². The van der Waals surface area contributed by atoms with Gasteiger partial charge in [-0.05, 0) is 80.5 Å². The molecule has 0 atom stereocenters. The summed E-state index contributed by atoms with van der Waals surface area (Å²) >= 11 is 0. The summed E-state index contributed by atoms with van der Waals surface area (Å²) in [4.78, 5) is 0. The van der Waals surface area contributed by atoms with Crippen molar-refractivity contribution in [1.82, 2.24) is 9.13 Å². The first-order valence-corrected chi connectivity index (χ1v) is 22.4. The lowest BCUT2D eigenvalue weighted by molar-refractivity contribution is -0.599. The number of nitrogens with one attached hydrogen (secondary N) is 1. The summed E-state index contributed by atoms with van der Waals surface area (Å²) in [5.41, 5.74) is 17.1. The van der Waals surface area contributed by atoms with Crippen LogP contribution in [0.4, 0.5) is 5.69 Å². The Morgan fingerprint density at radius 2 is 1.27 bits per heavy atom. The summed E-state index contributed by atoms with van der Waals surface area (Å²) in [6, 6.07) is 40.2. The maximum atomic E-state index is 3.60. The number of benzene rings is 4. The summed E-state index contributed by atoms with van der Waals surface area (Å²) < 4.78 is 7.46. The molecule has 282 valence electrons. The molecule has 1 N–H and O–H groups in total. The number of hydrogen-bond donors (Lipinski definition) is 1. The molecule has 2 aliphatic rings. The second-order valence-corrected chi connectivity index (χ2v) is 19.2. The van der Waals surface area contributed by atoms with Gasteiger partial charge in [-0.25, -0.2) is 0 Å². The first-order valence-electron chi connectivity index (χ1n) is 19.9. The van der Waals surface area contributed by atoms with Crippen LogP contribution in [-0.4, -0.2) is 20.6 Å². The zero-order valence-electron chi connectivity index (χ0n) is 33.4. The van der Waals surface area contributed by atoms with Crippen LogP contribution in [0.5, 0.6) is 0 Å². The Bertz CT molecular complexity index is 2690. The van der Waals surface area contributed by atoms with Crippen LogP contribution in [0.15, 0.2) is 134 Å². The molecule has 0 spiro atoms. The van der Waals surface area contributed by atoms with E-state index in [1.54, 1.807) is 0 Å². The third-order valence-electron chi connectivity index (χ3n) is 12.3. The van der Waals surface area contributed by atoms with Gasteiger partial charge in [0.25, 0.3) is 0 Å². The normalized spacial score (nSPS) is 16.9. The zero-order valence-corrected chi connectivity index (χ0v) is 35.0. The van der Waals surface area contributed by atoms with Crippen molar-refractivity contribution in [2.75, 3.05) is 16.8 Å². The summed E-state index contributed by atoms with van der Waals surface area (Å²) in [5, 5.41) is 6.26. The van der Waals surface area contributed by atoms with E-state index < -0.39 is 0 Å². The van der Waals surface area contributed by atoms with Gasteiger partial charge < -0.3 is 14.5 Å². The van der Waals surface area contributed by atoms with Gasteiger partial charge in [0.05, 0.1) is 5.41 Å². The van der Waals surface area contributed by atoms with Crippen molar-refractivity contribution in [3.63, 3.8) is 0 Å². The van der Waals surface area contributed by atoms with Crippen LogP contribution in [0, 0.1) is 13.8 Å². The Labute approximate surface area is 339 Å². The molecule has 0 saturated carbocycles. The predicted octanol–water partition coefficient (Wildman–Crippen LogP) is 12.6. The monoisotopic (exact) mass is 771 g/mol. The standard InChI is InChI=1S/C50H51N4S2/c1-34-47(36-23-26-49(3,4)40-17-9-11-19-42(40)51-27-24-36)38-15-7-12-20-43(38)52(34)29-31-55-56-32-30-53-35(2)48(39-16-8-13-21-44(39)53)37-25-28-54-45-22-14-10-18-41(45)50(5,6)46(54)33-37/h7-25,27-28,33,51H,26,29-32H2,1-6H3/q+1/b27-24-,36-23+. The maximum absolute atomic E-state index is 3.60. The molecule has 0 fully saturated rings. The summed E-state index contributed by atoms with van der Waals surface area (Å²) in [6.07, 6.45) is 10.1. The Kier molecular flexibility index (Phi) is 9.54. The van der Waals surface area contributed by atoms with Crippen LogP contribution >= 0.6 is 21.6 Å². The number of fused-ring (bicyclic) bond motifs is 6. The van der Waals surface area contributed by atoms with Crippen molar-refractivity contribution in [2.24, 2.45) is 0 Å². The maximum Gasteiger partial charge on any atom is 0.215 e. The summed E-state index contributed by atoms with van der Waals surface area (Å²) in [5.74, 6) is 2.09. The van der Waals surface area contributed by atoms with Crippen molar-refractivity contribution < 1.29 is 4.57 Å². The first kappa shape index (κ1) is 36.7. The molecule has 4 aromatic carbocycles. The molecule has 9 rings (SSSR count). The van der Waals surface area contributed by atoms with E-state index in [9.17, 15) is 0 Å². The van der Waals surface area contributed by atoms with Crippen LogP contribution < -0.4 is 9.88 Å². The molecule has 0 amide bonds. The molecule has 4 nitrogen and oxygen atoms in total. The molecule has 7 aromatic rings. The van der Waals surface area contributed by atoms with E-state index in [1.807, 2.05) is 21.6 Å². The highest BCUT2D eigenvalue weighted by Crippen LogP contribution is 2.42. The van der Waals surface area contributed by atoms with E-state index in [2.05, 4.69) is 194 Å². The van der Waals surface area contributed by atoms with Crippen molar-refractivity contribution in [2.45, 2.75) is 71.9 Å². The smallest absolute Gasteiger partial charge is 0.215 e. The Balaban J connectivity index is 0.908. The van der Waals surface area contributed by atoms with Gasteiger partial charge in [0.15, 0.2) is 11.9 Å². The second kappa shape index (κ2) is 14.5. The van der Waals surface area contributed by atoms with E-state index in [4.69, 9.17) is 0 Å². The Hall–Kier alpha value is -4.91. The third-order valence-corrected chi connectivity index (χ3v) is 14.7. The fraction of sp³-hybridized carbons (Fsp3) is 0.260. The fourth-order valence-electron chi connectivity index (χ4n) is 9.39. The summed E-state index contributed by atoms with van der Waals surface area (Å²) in [7, 11) is 3.99. The number of aromatic nitrogens is 3. The van der Waals surface area contributed by atoms with Crippen LogP contribution in [0.2, 0.25) is 0 Å².